The molecule has 25 heavy (non-hydrogen) atoms. The van der Waals surface area contributed by atoms with Crippen molar-refractivity contribution in [3.8, 4) is 0 Å². The van der Waals surface area contributed by atoms with E-state index in [-0.39, 0.29) is 0 Å². The highest BCUT2D eigenvalue weighted by Crippen LogP contribution is 2.47. The molecule has 1 unspecified atom stereocenters. The maximum Gasteiger partial charge on any atom is 0.0726 e. The molecule has 4 rings (SSSR count). The van der Waals surface area contributed by atoms with Crippen LogP contribution in [0.25, 0.3) is 10.9 Å². The highest BCUT2D eigenvalue weighted by Gasteiger charge is 2.44. The van der Waals surface area contributed by atoms with E-state index in [1.807, 2.05) is 0 Å². The van der Waals surface area contributed by atoms with Gasteiger partial charge in [-0.15, -0.1) is 11.8 Å². The van der Waals surface area contributed by atoms with Crippen molar-refractivity contribution >= 4 is 22.7 Å². The number of benzene rings is 1. The molecule has 0 amide bonds. The number of nitrogens with one attached hydrogen (secondary N) is 1. The van der Waals surface area contributed by atoms with Crippen LogP contribution in [-0.4, -0.2) is 51.6 Å². The first-order valence-corrected chi connectivity index (χ1v) is 10.3. The van der Waals surface area contributed by atoms with Crippen LogP contribution in [0.15, 0.2) is 42.7 Å². The minimum absolute atomic E-state index is 0.454. The number of para-hydroxylation sites is 1. The van der Waals surface area contributed by atoms with Crippen LogP contribution in [0.2, 0.25) is 0 Å². The molecule has 1 aromatic carbocycles. The second kappa shape index (κ2) is 6.73. The van der Waals surface area contributed by atoms with Crippen molar-refractivity contribution in [1.82, 2.24) is 14.8 Å². The zero-order valence-electron chi connectivity index (χ0n) is 15.4. The second-order valence-corrected chi connectivity index (χ2v) is 9.54. The Morgan fingerprint density at radius 1 is 1.32 bits per heavy atom. The molecule has 3 nitrogen and oxygen atoms in total. The van der Waals surface area contributed by atoms with E-state index >= 15 is 0 Å². The van der Waals surface area contributed by atoms with Crippen molar-refractivity contribution in [2.45, 2.75) is 42.7 Å². The Labute approximate surface area is 155 Å². The van der Waals surface area contributed by atoms with Gasteiger partial charge in [-0.3, -0.25) is 0 Å². The highest BCUT2D eigenvalue weighted by molar-refractivity contribution is 8.01. The molecular formula is C21H29N3S. The molecule has 0 saturated carbocycles. The molecule has 2 aromatic rings. The molecule has 2 saturated heterocycles. The number of H-pyrrole nitrogens is 1. The van der Waals surface area contributed by atoms with Crippen molar-refractivity contribution in [3.63, 3.8) is 0 Å². The molecule has 2 aliphatic rings. The van der Waals surface area contributed by atoms with Crippen LogP contribution in [0.3, 0.4) is 0 Å². The zero-order valence-corrected chi connectivity index (χ0v) is 16.2. The topological polar surface area (TPSA) is 22.3 Å². The molecule has 0 aliphatic carbocycles. The van der Waals surface area contributed by atoms with E-state index in [2.05, 4.69) is 77.6 Å². The van der Waals surface area contributed by atoms with Crippen molar-refractivity contribution in [2.24, 2.45) is 0 Å². The van der Waals surface area contributed by atoms with E-state index in [9.17, 15) is 0 Å². The lowest BCUT2D eigenvalue weighted by Crippen LogP contribution is -2.43. The van der Waals surface area contributed by atoms with Crippen molar-refractivity contribution in [3.05, 3.63) is 48.3 Å². The number of likely N-dealkylation sites (tertiary alicyclic amines) is 1. The van der Waals surface area contributed by atoms with Crippen LogP contribution in [0, 0.1) is 0 Å². The Morgan fingerprint density at radius 3 is 2.88 bits per heavy atom. The van der Waals surface area contributed by atoms with E-state index in [4.69, 9.17) is 0 Å². The lowest BCUT2D eigenvalue weighted by atomic mass is 9.95. The number of fused-ring (bicyclic) bond motifs is 1. The van der Waals surface area contributed by atoms with E-state index < -0.39 is 0 Å². The van der Waals surface area contributed by atoms with Gasteiger partial charge in [-0.2, -0.15) is 0 Å². The van der Waals surface area contributed by atoms with Gasteiger partial charge in [0.1, 0.15) is 0 Å². The molecule has 2 aliphatic heterocycles. The highest BCUT2D eigenvalue weighted by atomic mass is 32.2. The quantitative estimate of drug-likeness (QED) is 0.874. The summed E-state index contributed by atoms with van der Waals surface area (Å²) in [4.78, 5) is 8.43. The molecule has 1 aromatic heterocycles. The average Bonchev–Trinajstić information content (AvgIpc) is 3.17. The fraction of sp³-hybridized carbons (Fsp3) is 0.524. The summed E-state index contributed by atoms with van der Waals surface area (Å²) in [6, 6.07) is 8.58. The number of allylic oxidation sites excluding steroid dienone is 1. The van der Waals surface area contributed by atoms with Gasteiger partial charge < -0.3 is 14.8 Å². The fourth-order valence-corrected chi connectivity index (χ4v) is 6.04. The maximum atomic E-state index is 4.45. The SMILES string of the molecule is C=C(CCc1c[nH]c2ccccc12)N1CC2(CCN(C)CC2)SC1C. The molecule has 0 radical (unpaired) electrons. The van der Waals surface area contributed by atoms with Gasteiger partial charge in [0.05, 0.1) is 5.37 Å². The third kappa shape index (κ3) is 3.34. The number of thioether (sulfide) groups is 1. The van der Waals surface area contributed by atoms with Gasteiger partial charge in [-0.1, -0.05) is 24.8 Å². The largest absolute Gasteiger partial charge is 0.362 e. The normalized spacial score (nSPS) is 23.6. The van der Waals surface area contributed by atoms with Crippen molar-refractivity contribution < 1.29 is 0 Å². The Balaban J connectivity index is 1.39. The number of piperidine rings is 1. The number of aromatic nitrogens is 1. The molecule has 1 atom stereocenters. The molecular weight excluding hydrogens is 326 g/mol. The first kappa shape index (κ1) is 17.0. The summed E-state index contributed by atoms with van der Waals surface area (Å²) in [5.74, 6) is 0. The first-order chi connectivity index (χ1) is 12.1. The molecule has 0 bridgehead atoms. The molecule has 4 heteroatoms. The van der Waals surface area contributed by atoms with Crippen molar-refractivity contribution in [1.29, 1.82) is 0 Å². The molecule has 1 spiro atoms. The van der Waals surface area contributed by atoms with Gasteiger partial charge in [-0.05, 0) is 64.4 Å². The van der Waals surface area contributed by atoms with Gasteiger partial charge in [0.25, 0.3) is 0 Å². The standard InChI is InChI=1S/C21H29N3S/c1-16(8-9-18-14-22-20-7-5-4-6-19(18)20)24-15-21(25-17(24)2)10-12-23(3)13-11-21/h4-7,14,17,22H,1,8-13,15H2,2-3H3. The van der Waals surface area contributed by atoms with Crippen LogP contribution < -0.4 is 0 Å². The van der Waals surface area contributed by atoms with E-state index in [0.717, 1.165) is 12.8 Å². The first-order valence-electron chi connectivity index (χ1n) is 9.42. The number of aromatic amines is 1. The minimum Gasteiger partial charge on any atom is -0.362 e. The summed E-state index contributed by atoms with van der Waals surface area (Å²) in [6.45, 7) is 10.5. The molecule has 134 valence electrons. The predicted octanol–water partition coefficient (Wildman–Crippen LogP) is 4.47. The predicted molar refractivity (Wildman–Crippen MR) is 109 cm³/mol. The van der Waals surface area contributed by atoms with Crippen LogP contribution in [-0.2, 0) is 6.42 Å². The van der Waals surface area contributed by atoms with Crippen LogP contribution >= 0.6 is 11.8 Å². The summed E-state index contributed by atoms with van der Waals surface area (Å²) in [7, 11) is 2.24. The third-order valence-corrected chi connectivity index (χ3v) is 7.61. The molecule has 1 N–H and O–H groups in total. The van der Waals surface area contributed by atoms with Gasteiger partial charge >= 0.3 is 0 Å². The van der Waals surface area contributed by atoms with E-state index in [1.165, 1.54) is 54.6 Å². The van der Waals surface area contributed by atoms with Gasteiger partial charge in [0.2, 0.25) is 0 Å². The number of hydrogen-bond acceptors (Lipinski definition) is 3. The maximum absolute atomic E-state index is 4.45. The average molecular weight is 356 g/mol. The Kier molecular flexibility index (Phi) is 4.59. The molecule has 2 fully saturated rings. The lowest BCUT2D eigenvalue weighted by molar-refractivity contribution is 0.214. The van der Waals surface area contributed by atoms with E-state index in [1.54, 1.807) is 0 Å². The van der Waals surface area contributed by atoms with Gasteiger partial charge in [0, 0.05) is 34.1 Å². The smallest absolute Gasteiger partial charge is 0.0726 e. The summed E-state index contributed by atoms with van der Waals surface area (Å²) >= 11 is 2.19. The number of hydrogen-bond donors (Lipinski definition) is 1. The van der Waals surface area contributed by atoms with Crippen LogP contribution in [0.1, 0.15) is 31.7 Å². The van der Waals surface area contributed by atoms with E-state index in [0.29, 0.717) is 10.1 Å². The van der Waals surface area contributed by atoms with Crippen molar-refractivity contribution in [2.75, 3.05) is 26.7 Å². The Bertz CT molecular complexity index is 757. The fourth-order valence-electron chi connectivity index (χ4n) is 4.33. The van der Waals surface area contributed by atoms with Crippen LogP contribution in [0.4, 0.5) is 0 Å². The Morgan fingerprint density at radius 2 is 2.08 bits per heavy atom. The third-order valence-electron chi connectivity index (χ3n) is 5.98. The number of aryl methyl sites for hydroxylation is 1. The molecule has 3 heterocycles. The summed E-state index contributed by atoms with van der Waals surface area (Å²) in [5.41, 5.74) is 3.95. The summed E-state index contributed by atoms with van der Waals surface area (Å²) in [6.07, 6.45) is 6.89. The minimum atomic E-state index is 0.454. The lowest BCUT2D eigenvalue weighted by Gasteiger charge is -2.37. The van der Waals surface area contributed by atoms with Crippen LogP contribution in [0.5, 0.6) is 0 Å². The summed E-state index contributed by atoms with van der Waals surface area (Å²) in [5, 5.41) is 1.91. The number of nitrogens with zero attached hydrogens (tertiary/aromatic N) is 2. The Hall–Kier alpha value is -1.39. The summed E-state index contributed by atoms with van der Waals surface area (Å²) < 4.78 is 0.454. The second-order valence-electron chi connectivity index (χ2n) is 7.76. The van der Waals surface area contributed by atoms with Gasteiger partial charge in [0.15, 0.2) is 0 Å². The van der Waals surface area contributed by atoms with Gasteiger partial charge in [-0.25, -0.2) is 0 Å². The zero-order chi connectivity index (χ0) is 17.4. The monoisotopic (exact) mass is 355 g/mol. The number of rotatable bonds is 4.